The number of nitrogens with one attached hydrogen (secondary N) is 1. The van der Waals surface area contributed by atoms with Gasteiger partial charge < -0.3 is 0 Å². The van der Waals surface area contributed by atoms with Crippen LogP contribution in [0.15, 0.2) is 68.5 Å². The number of carbonyl (C=O) groups excluding carboxylic acids is 1. The molecule has 7 heteroatoms. The number of aryl methyl sites for hydroxylation is 2. The molecule has 1 amide bonds. The monoisotopic (exact) mass is 450 g/mol. The smallest absolute Gasteiger partial charge is 0.280 e. The topological polar surface area (TPSA) is 70.5 Å². The Hall–Kier alpha value is -3.19. The fourth-order valence-corrected chi connectivity index (χ4v) is 3.53. The van der Waals surface area contributed by atoms with Crippen molar-refractivity contribution in [1.82, 2.24) is 9.78 Å². The van der Waals surface area contributed by atoms with E-state index in [4.69, 9.17) is 0 Å². The first-order chi connectivity index (χ1) is 13.8. The third kappa shape index (κ3) is 3.49. The largest absolute Gasteiger partial charge is 0.295 e. The highest BCUT2D eigenvalue weighted by atomic mass is 79.9. The van der Waals surface area contributed by atoms with Gasteiger partial charge in [0.1, 0.15) is 0 Å². The number of benzene rings is 2. The quantitative estimate of drug-likeness (QED) is 0.602. The van der Waals surface area contributed by atoms with Gasteiger partial charge in [-0.1, -0.05) is 28.1 Å². The lowest BCUT2D eigenvalue weighted by Gasteiger charge is -2.12. The molecule has 2 aromatic carbocycles. The normalized spacial score (nSPS) is 15.3. The van der Waals surface area contributed by atoms with Gasteiger partial charge in [-0.05, 0) is 68.8 Å². The number of anilines is 1. The predicted octanol–water partition coefficient (Wildman–Crippen LogP) is 4.35. The molecule has 1 aliphatic rings. The van der Waals surface area contributed by atoms with Crippen LogP contribution in [0.2, 0.25) is 0 Å². The van der Waals surface area contributed by atoms with Crippen LogP contribution in [-0.4, -0.2) is 21.4 Å². The summed E-state index contributed by atoms with van der Waals surface area (Å²) >= 11 is 3.39. The van der Waals surface area contributed by atoms with Crippen molar-refractivity contribution >= 4 is 39.3 Å². The van der Waals surface area contributed by atoms with Gasteiger partial charge in [-0.3, -0.25) is 14.7 Å². The van der Waals surface area contributed by atoms with Crippen LogP contribution < -0.4 is 10.6 Å². The lowest BCUT2D eigenvalue weighted by Crippen LogP contribution is -2.22. The maximum absolute atomic E-state index is 13.0. The highest BCUT2D eigenvalue weighted by molar-refractivity contribution is 9.10. The minimum atomic E-state index is -0.247. The number of aromatic amines is 1. The Labute approximate surface area is 176 Å². The van der Waals surface area contributed by atoms with E-state index in [1.807, 2.05) is 62.4 Å². The first-order valence-electron chi connectivity index (χ1n) is 9.11. The zero-order chi connectivity index (χ0) is 20.7. The van der Waals surface area contributed by atoms with Crippen molar-refractivity contribution in [2.24, 2.45) is 5.10 Å². The molecule has 0 atom stereocenters. The Kier molecular flexibility index (Phi) is 4.84. The molecule has 4 rings (SSSR count). The number of amides is 1. The highest BCUT2D eigenvalue weighted by Crippen LogP contribution is 2.25. The van der Waals surface area contributed by atoms with Gasteiger partial charge in [0, 0.05) is 10.2 Å². The van der Waals surface area contributed by atoms with Crippen molar-refractivity contribution in [2.75, 3.05) is 5.01 Å². The second-order valence-electron chi connectivity index (χ2n) is 6.97. The van der Waals surface area contributed by atoms with Gasteiger partial charge in [-0.15, -0.1) is 0 Å². The number of rotatable bonds is 3. The number of hydrazone groups is 1. The van der Waals surface area contributed by atoms with E-state index >= 15 is 0 Å². The van der Waals surface area contributed by atoms with E-state index in [1.54, 1.807) is 13.0 Å². The molecule has 6 nitrogen and oxygen atoms in total. The number of H-pyrrole nitrogens is 1. The zero-order valence-corrected chi connectivity index (χ0v) is 17.8. The van der Waals surface area contributed by atoms with E-state index in [9.17, 15) is 9.59 Å². The van der Waals surface area contributed by atoms with Crippen LogP contribution in [0.5, 0.6) is 0 Å². The number of halogens is 1. The van der Waals surface area contributed by atoms with Gasteiger partial charge in [0.2, 0.25) is 0 Å². The molecule has 1 aromatic heterocycles. The third-order valence-electron chi connectivity index (χ3n) is 4.80. The fourth-order valence-electron chi connectivity index (χ4n) is 3.26. The van der Waals surface area contributed by atoms with Gasteiger partial charge in [0.05, 0.1) is 28.2 Å². The lowest BCUT2D eigenvalue weighted by molar-refractivity contribution is -0.114. The Balaban J connectivity index is 1.73. The van der Waals surface area contributed by atoms with Crippen molar-refractivity contribution in [2.45, 2.75) is 20.8 Å². The van der Waals surface area contributed by atoms with E-state index < -0.39 is 0 Å². The third-order valence-corrected chi connectivity index (χ3v) is 5.33. The van der Waals surface area contributed by atoms with Gasteiger partial charge >= 0.3 is 0 Å². The number of hydrogen-bond acceptors (Lipinski definition) is 3. The summed E-state index contributed by atoms with van der Waals surface area (Å²) in [5, 5.41) is 8.86. The van der Waals surface area contributed by atoms with Crippen molar-refractivity contribution in [3.8, 4) is 5.69 Å². The number of carbonyl (C=O) groups is 1. The van der Waals surface area contributed by atoms with Gasteiger partial charge in [-0.2, -0.15) is 10.1 Å². The average Bonchev–Trinajstić information content (AvgIpc) is 3.13. The lowest BCUT2D eigenvalue weighted by atomic mass is 10.1. The fraction of sp³-hybridized carbons (Fsp3) is 0.136. The molecule has 0 aliphatic carbocycles. The Morgan fingerprint density at radius 2 is 1.72 bits per heavy atom. The molecule has 0 saturated carbocycles. The predicted molar refractivity (Wildman–Crippen MR) is 119 cm³/mol. The first-order valence-corrected chi connectivity index (χ1v) is 9.90. The maximum Gasteiger partial charge on any atom is 0.280 e. The van der Waals surface area contributed by atoms with Crippen LogP contribution in [0.25, 0.3) is 11.8 Å². The molecule has 1 N–H and O–H groups in total. The number of hydrogen-bond donors (Lipinski definition) is 1. The second-order valence-corrected chi connectivity index (χ2v) is 7.88. The van der Waals surface area contributed by atoms with Crippen molar-refractivity contribution in [3.63, 3.8) is 0 Å². The van der Waals surface area contributed by atoms with Gasteiger partial charge in [-0.25, -0.2) is 4.68 Å². The van der Waals surface area contributed by atoms with Gasteiger partial charge in [0.25, 0.3) is 11.5 Å². The van der Waals surface area contributed by atoms with Crippen molar-refractivity contribution in [3.05, 3.63) is 85.8 Å². The molecule has 29 heavy (non-hydrogen) atoms. The minimum absolute atomic E-state index is 0.216. The SMILES string of the molecule is CC1=NN(c2cccc(C)c2)C(=O)C1=Cc1c(C)[nH]n(-c2ccc(Br)cc2)c1=O. The molecular formula is C22H19BrN4O2. The molecule has 0 radical (unpaired) electrons. The van der Waals surface area contributed by atoms with Gasteiger partial charge in [0.15, 0.2) is 0 Å². The Morgan fingerprint density at radius 1 is 1.00 bits per heavy atom. The van der Waals surface area contributed by atoms with Crippen LogP contribution in [0, 0.1) is 13.8 Å². The van der Waals surface area contributed by atoms with Crippen LogP contribution in [0.1, 0.15) is 23.7 Å². The first kappa shape index (κ1) is 19.1. The maximum atomic E-state index is 13.0. The van der Waals surface area contributed by atoms with E-state index in [0.717, 1.165) is 15.7 Å². The summed E-state index contributed by atoms with van der Waals surface area (Å²) in [5.41, 5.74) is 4.36. The number of aromatic nitrogens is 2. The molecule has 0 saturated heterocycles. The standard InChI is InChI=1S/C22H19BrN4O2/c1-13-5-4-6-18(11-13)27-22(29)20(15(3)25-27)12-19-14(2)24-26(21(19)28)17-9-7-16(23)8-10-17/h4-12,24H,1-3H3. The molecule has 0 fully saturated rings. The molecule has 0 unspecified atom stereocenters. The van der Waals surface area contributed by atoms with Crippen LogP contribution in [0.4, 0.5) is 5.69 Å². The van der Waals surface area contributed by atoms with Crippen molar-refractivity contribution in [1.29, 1.82) is 0 Å². The molecule has 146 valence electrons. The second kappa shape index (κ2) is 7.33. The molecule has 0 spiro atoms. The summed E-state index contributed by atoms with van der Waals surface area (Å²) in [6.45, 7) is 5.55. The van der Waals surface area contributed by atoms with Crippen LogP contribution >= 0.6 is 15.9 Å². The van der Waals surface area contributed by atoms with Crippen LogP contribution in [0.3, 0.4) is 0 Å². The van der Waals surface area contributed by atoms with E-state index in [0.29, 0.717) is 28.2 Å². The van der Waals surface area contributed by atoms with Crippen LogP contribution in [-0.2, 0) is 4.79 Å². The average molecular weight is 451 g/mol. The highest BCUT2D eigenvalue weighted by Gasteiger charge is 2.29. The summed E-state index contributed by atoms with van der Waals surface area (Å²) in [7, 11) is 0. The molecule has 2 heterocycles. The molecular weight excluding hydrogens is 432 g/mol. The minimum Gasteiger partial charge on any atom is -0.295 e. The van der Waals surface area contributed by atoms with E-state index in [1.165, 1.54) is 9.69 Å². The Morgan fingerprint density at radius 3 is 2.41 bits per heavy atom. The molecule has 1 aliphatic heterocycles. The summed E-state index contributed by atoms with van der Waals surface area (Å²) in [4.78, 5) is 26.0. The zero-order valence-electron chi connectivity index (χ0n) is 16.2. The summed E-state index contributed by atoms with van der Waals surface area (Å²) in [6.07, 6.45) is 1.63. The van der Waals surface area contributed by atoms with Crippen molar-refractivity contribution < 1.29 is 4.79 Å². The molecule has 3 aromatic rings. The Bertz CT molecular complexity index is 1230. The summed E-state index contributed by atoms with van der Waals surface area (Å²) in [5.74, 6) is -0.247. The van der Waals surface area contributed by atoms with E-state index in [-0.39, 0.29) is 11.5 Å². The summed E-state index contributed by atoms with van der Waals surface area (Å²) < 4.78 is 2.40. The number of nitrogens with zero attached hydrogens (tertiary/aromatic N) is 3. The van der Waals surface area contributed by atoms with E-state index in [2.05, 4.69) is 26.1 Å². The molecule has 0 bridgehead atoms. The summed E-state index contributed by atoms with van der Waals surface area (Å²) in [6, 6.07) is 15.0.